The summed E-state index contributed by atoms with van der Waals surface area (Å²) in [5.41, 5.74) is 0. The fraction of sp³-hybridized carbons (Fsp3) is 0.526. The summed E-state index contributed by atoms with van der Waals surface area (Å²) in [6.07, 6.45) is 4.43. The average molecular weight is 504 g/mol. The van der Waals surface area contributed by atoms with Crippen LogP contribution in [0, 0.1) is 5.82 Å². The fourth-order valence-electron chi connectivity index (χ4n) is 2.50. The summed E-state index contributed by atoms with van der Waals surface area (Å²) in [6.45, 7) is 7.79. The number of rotatable bonds is 11. The zero-order valence-corrected chi connectivity index (χ0v) is 18.9. The van der Waals surface area contributed by atoms with Crippen LogP contribution in [0.4, 0.5) is 4.39 Å². The first-order valence-electron chi connectivity index (χ1n) is 9.50. The van der Waals surface area contributed by atoms with Crippen LogP contribution in [0.1, 0.15) is 32.5 Å². The number of nitrogens with one attached hydrogen (secondary N) is 2. The summed E-state index contributed by atoms with van der Waals surface area (Å²) in [5, 5.41) is 14.6. The summed E-state index contributed by atoms with van der Waals surface area (Å²) in [7, 11) is 0. The van der Waals surface area contributed by atoms with Crippen LogP contribution in [-0.2, 0) is 13.0 Å². The number of guanidine groups is 1. The van der Waals surface area contributed by atoms with Gasteiger partial charge in [-0.05, 0) is 44.0 Å². The molecule has 0 saturated carbocycles. The molecular formula is C19H30FIN6O. The van der Waals surface area contributed by atoms with Crippen molar-refractivity contribution in [1.29, 1.82) is 0 Å². The number of aryl methyl sites for hydroxylation is 1. The molecular weight excluding hydrogens is 474 g/mol. The lowest BCUT2D eigenvalue weighted by molar-refractivity contribution is 0.307. The molecule has 0 aliphatic heterocycles. The van der Waals surface area contributed by atoms with Gasteiger partial charge in [-0.3, -0.25) is 4.99 Å². The minimum Gasteiger partial charge on any atom is -0.494 e. The second-order valence-electron chi connectivity index (χ2n) is 5.99. The Balaban J connectivity index is 0.00000392. The summed E-state index contributed by atoms with van der Waals surface area (Å²) >= 11 is 0. The number of benzene rings is 1. The first-order chi connectivity index (χ1) is 13.2. The molecule has 0 bridgehead atoms. The fourth-order valence-corrected chi connectivity index (χ4v) is 2.50. The van der Waals surface area contributed by atoms with Crippen LogP contribution >= 0.6 is 24.0 Å². The van der Waals surface area contributed by atoms with Crippen molar-refractivity contribution in [3.63, 3.8) is 0 Å². The van der Waals surface area contributed by atoms with Gasteiger partial charge in [-0.1, -0.05) is 6.92 Å². The smallest absolute Gasteiger partial charge is 0.191 e. The zero-order valence-electron chi connectivity index (χ0n) is 16.5. The van der Waals surface area contributed by atoms with E-state index in [1.165, 1.54) is 12.1 Å². The van der Waals surface area contributed by atoms with Gasteiger partial charge >= 0.3 is 0 Å². The summed E-state index contributed by atoms with van der Waals surface area (Å²) in [4.78, 5) is 4.58. The predicted molar refractivity (Wildman–Crippen MR) is 120 cm³/mol. The van der Waals surface area contributed by atoms with Crippen molar-refractivity contribution in [2.24, 2.45) is 4.99 Å². The molecule has 0 radical (unpaired) electrons. The quantitative estimate of drug-likeness (QED) is 0.213. The number of aromatic nitrogens is 3. The van der Waals surface area contributed by atoms with E-state index in [9.17, 15) is 4.39 Å². The molecule has 1 aromatic heterocycles. The van der Waals surface area contributed by atoms with Gasteiger partial charge in [-0.15, -0.1) is 34.2 Å². The van der Waals surface area contributed by atoms with Crippen LogP contribution in [-0.4, -0.2) is 47.0 Å². The Hall–Kier alpha value is -1.91. The molecule has 0 aliphatic carbocycles. The van der Waals surface area contributed by atoms with Gasteiger partial charge in [0.05, 0.1) is 6.61 Å². The molecule has 2 N–H and O–H groups in total. The van der Waals surface area contributed by atoms with Crippen molar-refractivity contribution in [2.75, 3.05) is 26.2 Å². The highest BCUT2D eigenvalue weighted by Gasteiger charge is 2.02. The van der Waals surface area contributed by atoms with Crippen molar-refractivity contribution in [3.8, 4) is 5.75 Å². The third kappa shape index (κ3) is 8.85. The highest BCUT2D eigenvalue weighted by molar-refractivity contribution is 14.0. The number of hydrogen-bond donors (Lipinski definition) is 2. The maximum atomic E-state index is 12.8. The second kappa shape index (κ2) is 14.1. The van der Waals surface area contributed by atoms with Gasteiger partial charge < -0.3 is 19.9 Å². The molecule has 0 amide bonds. The van der Waals surface area contributed by atoms with Gasteiger partial charge in [0.2, 0.25) is 0 Å². The third-order valence-corrected chi connectivity index (χ3v) is 3.91. The monoisotopic (exact) mass is 504 g/mol. The summed E-state index contributed by atoms with van der Waals surface area (Å²) < 4.78 is 20.5. The van der Waals surface area contributed by atoms with Crippen molar-refractivity contribution >= 4 is 29.9 Å². The number of hydrogen-bond acceptors (Lipinski definition) is 4. The zero-order chi connectivity index (χ0) is 19.3. The van der Waals surface area contributed by atoms with Crippen molar-refractivity contribution in [3.05, 3.63) is 42.2 Å². The first kappa shape index (κ1) is 24.1. The molecule has 2 aromatic rings. The molecule has 9 heteroatoms. The first-order valence-corrected chi connectivity index (χ1v) is 9.50. The van der Waals surface area contributed by atoms with E-state index in [1.54, 1.807) is 18.5 Å². The molecule has 28 heavy (non-hydrogen) atoms. The maximum absolute atomic E-state index is 12.8. The molecule has 0 saturated heterocycles. The third-order valence-electron chi connectivity index (χ3n) is 3.91. The summed E-state index contributed by atoms with van der Waals surface area (Å²) in [6, 6.07) is 6.08. The van der Waals surface area contributed by atoms with Crippen LogP contribution in [0.2, 0.25) is 0 Å². The Labute approximate surface area is 183 Å². The standard InChI is InChI=1S/C19H29FN6O.HI/c1-3-18-25-24-15-26(18)13-12-23-19(21-4-2)22-11-5-6-14-27-17-9-7-16(20)8-10-17;/h7-10,15H,3-6,11-14H2,1-2H3,(H2,21,22,23);1H. The number of nitrogens with zero attached hydrogens (tertiary/aromatic N) is 4. The van der Waals surface area contributed by atoms with Crippen molar-refractivity contribution in [2.45, 2.75) is 39.7 Å². The Morgan fingerprint density at radius 3 is 2.68 bits per heavy atom. The molecule has 156 valence electrons. The lowest BCUT2D eigenvalue weighted by Gasteiger charge is -2.12. The van der Waals surface area contributed by atoms with E-state index in [4.69, 9.17) is 4.74 Å². The van der Waals surface area contributed by atoms with Crippen LogP contribution < -0.4 is 15.4 Å². The van der Waals surface area contributed by atoms with Gasteiger partial charge in [0.25, 0.3) is 0 Å². The maximum Gasteiger partial charge on any atom is 0.191 e. The topological polar surface area (TPSA) is 76.4 Å². The largest absolute Gasteiger partial charge is 0.494 e. The molecule has 0 atom stereocenters. The highest BCUT2D eigenvalue weighted by Crippen LogP contribution is 2.11. The molecule has 1 aromatic carbocycles. The normalized spacial score (nSPS) is 11.0. The van der Waals surface area contributed by atoms with Gasteiger partial charge in [0.15, 0.2) is 5.96 Å². The predicted octanol–water partition coefficient (Wildman–Crippen LogP) is 3.01. The average Bonchev–Trinajstić information content (AvgIpc) is 3.13. The number of halogens is 2. The van der Waals surface area contributed by atoms with Crippen LogP contribution in [0.25, 0.3) is 0 Å². The molecule has 0 fully saturated rings. The van der Waals surface area contributed by atoms with E-state index >= 15 is 0 Å². The molecule has 0 aliphatic rings. The number of unbranched alkanes of at least 4 members (excludes halogenated alkanes) is 1. The molecule has 7 nitrogen and oxygen atoms in total. The second-order valence-corrected chi connectivity index (χ2v) is 5.99. The number of aliphatic imine (C=N–C) groups is 1. The van der Waals surface area contributed by atoms with E-state index in [0.29, 0.717) is 12.4 Å². The Bertz CT molecular complexity index is 692. The van der Waals surface area contributed by atoms with Crippen LogP contribution in [0.5, 0.6) is 5.75 Å². The van der Waals surface area contributed by atoms with E-state index < -0.39 is 0 Å². The minimum absolute atomic E-state index is 0. The SMILES string of the molecule is CCNC(=NCCCCOc1ccc(F)cc1)NCCn1cnnc1CC.I. The van der Waals surface area contributed by atoms with E-state index in [0.717, 1.165) is 57.2 Å². The molecule has 2 rings (SSSR count). The van der Waals surface area contributed by atoms with Crippen LogP contribution in [0.3, 0.4) is 0 Å². The van der Waals surface area contributed by atoms with Gasteiger partial charge in [0.1, 0.15) is 23.7 Å². The van der Waals surface area contributed by atoms with Crippen molar-refractivity contribution in [1.82, 2.24) is 25.4 Å². The number of ether oxygens (including phenoxy) is 1. The Morgan fingerprint density at radius 1 is 1.18 bits per heavy atom. The van der Waals surface area contributed by atoms with Gasteiger partial charge in [-0.2, -0.15) is 0 Å². The van der Waals surface area contributed by atoms with Gasteiger partial charge in [-0.25, -0.2) is 4.39 Å². The van der Waals surface area contributed by atoms with Gasteiger partial charge in [0, 0.05) is 32.6 Å². The van der Waals surface area contributed by atoms with E-state index in [2.05, 4.69) is 32.7 Å². The van der Waals surface area contributed by atoms with E-state index in [-0.39, 0.29) is 29.8 Å². The Kier molecular flexibility index (Phi) is 12.2. The summed E-state index contributed by atoms with van der Waals surface area (Å²) in [5.74, 6) is 2.23. The highest BCUT2D eigenvalue weighted by atomic mass is 127. The Morgan fingerprint density at radius 2 is 1.96 bits per heavy atom. The van der Waals surface area contributed by atoms with E-state index in [1.807, 2.05) is 11.5 Å². The van der Waals surface area contributed by atoms with Crippen molar-refractivity contribution < 1.29 is 9.13 Å². The molecule has 1 heterocycles. The minimum atomic E-state index is -0.254. The lowest BCUT2D eigenvalue weighted by atomic mass is 10.3. The lowest BCUT2D eigenvalue weighted by Crippen LogP contribution is -2.39. The molecule has 0 spiro atoms. The molecule has 0 unspecified atom stereocenters. The van der Waals surface area contributed by atoms with Crippen LogP contribution in [0.15, 0.2) is 35.6 Å².